The normalized spacial score (nSPS) is 11.9. The molecule has 0 aromatic heterocycles. The summed E-state index contributed by atoms with van der Waals surface area (Å²) in [5.41, 5.74) is -0.113. The highest BCUT2D eigenvalue weighted by Gasteiger charge is 2.34. The summed E-state index contributed by atoms with van der Waals surface area (Å²) in [6, 6.07) is 4.19. The number of hydrogen-bond donors (Lipinski definition) is 0. The Morgan fingerprint density at radius 2 is 1.84 bits per heavy atom. The summed E-state index contributed by atoms with van der Waals surface area (Å²) in [6.07, 6.45) is -2.59. The molecule has 0 amide bonds. The maximum absolute atomic E-state index is 13.0. The molecule has 0 atom stereocenters. The fraction of sp³-hybridized carbons (Fsp3) is 0.571. The molecule has 1 aromatic carbocycles. The molecule has 0 heterocycles. The topological polar surface area (TPSA) is 9.23 Å². The van der Waals surface area contributed by atoms with Crippen molar-refractivity contribution in [2.75, 3.05) is 6.61 Å². The minimum atomic E-state index is -4.39. The summed E-state index contributed by atoms with van der Waals surface area (Å²) >= 11 is 3.16. The van der Waals surface area contributed by atoms with E-state index in [4.69, 9.17) is 4.74 Å². The molecule has 0 N–H and O–H groups in total. The van der Waals surface area contributed by atoms with Gasteiger partial charge in [-0.05, 0) is 23.6 Å². The van der Waals surface area contributed by atoms with Gasteiger partial charge in [-0.15, -0.1) is 0 Å². The molecule has 0 spiro atoms. The predicted octanol–water partition coefficient (Wildman–Crippen LogP) is 5.42. The van der Waals surface area contributed by atoms with Crippen LogP contribution in [0, 0.1) is 5.92 Å². The third kappa shape index (κ3) is 4.71. The van der Waals surface area contributed by atoms with Crippen LogP contribution in [0.1, 0.15) is 37.8 Å². The van der Waals surface area contributed by atoms with Crippen LogP contribution < -0.4 is 4.74 Å². The van der Waals surface area contributed by atoms with Gasteiger partial charge in [-0.25, -0.2) is 0 Å². The molecule has 1 rings (SSSR count). The molecule has 0 radical (unpaired) electrons. The lowest BCUT2D eigenvalue weighted by Crippen LogP contribution is -2.14. The van der Waals surface area contributed by atoms with Crippen LogP contribution in [0.25, 0.3) is 0 Å². The first-order chi connectivity index (χ1) is 8.92. The minimum Gasteiger partial charge on any atom is -0.493 e. The van der Waals surface area contributed by atoms with E-state index in [1.807, 2.05) is 13.8 Å². The second kappa shape index (κ2) is 7.17. The molecule has 0 fully saturated rings. The Kier molecular flexibility index (Phi) is 6.17. The second-order valence-corrected chi connectivity index (χ2v) is 5.02. The summed E-state index contributed by atoms with van der Waals surface area (Å²) < 4.78 is 44.2. The molecule has 19 heavy (non-hydrogen) atoms. The van der Waals surface area contributed by atoms with Crippen molar-refractivity contribution in [1.29, 1.82) is 0 Å². The number of alkyl halides is 4. The SMILES string of the molecule is CCC(CC)COc1ccc(CBr)cc1C(F)(F)F. The van der Waals surface area contributed by atoms with E-state index < -0.39 is 11.7 Å². The summed E-state index contributed by atoms with van der Waals surface area (Å²) in [6.45, 7) is 4.34. The highest BCUT2D eigenvalue weighted by atomic mass is 79.9. The van der Waals surface area contributed by atoms with Crippen molar-refractivity contribution < 1.29 is 17.9 Å². The maximum Gasteiger partial charge on any atom is 0.419 e. The van der Waals surface area contributed by atoms with Gasteiger partial charge in [0.25, 0.3) is 0 Å². The lowest BCUT2D eigenvalue weighted by Gasteiger charge is -2.18. The van der Waals surface area contributed by atoms with Crippen LogP contribution in [0.4, 0.5) is 13.2 Å². The van der Waals surface area contributed by atoms with Gasteiger partial charge in [0.2, 0.25) is 0 Å². The van der Waals surface area contributed by atoms with Crippen LogP contribution in [0.2, 0.25) is 0 Å². The van der Waals surface area contributed by atoms with Crippen molar-refractivity contribution in [3.63, 3.8) is 0 Å². The van der Waals surface area contributed by atoms with Crippen LogP contribution >= 0.6 is 15.9 Å². The fourth-order valence-corrected chi connectivity index (χ4v) is 2.09. The molecule has 0 saturated carbocycles. The van der Waals surface area contributed by atoms with E-state index in [1.54, 1.807) is 6.07 Å². The molecule has 0 bridgehead atoms. The van der Waals surface area contributed by atoms with Crippen LogP contribution in [0.15, 0.2) is 18.2 Å². The molecule has 0 aliphatic carbocycles. The average Bonchev–Trinajstić information content (AvgIpc) is 2.39. The van der Waals surface area contributed by atoms with E-state index in [0.29, 0.717) is 17.5 Å². The highest BCUT2D eigenvalue weighted by molar-refractivity contribution is 9.08. The zero-order valence-corrected chi connectivity index (χ0v) is 12.6. The zero-order valence-electron chi connectivity index (χ0n) is 11.1. The van der Waals surface area contributed by atoms with E-state index in [0.717, 1.165) is 18.9 Å². The largest absolute Gasteiger partial charge is 0.493 e. The summed E-state index contributed by atoms with van der Waals surface area (Å²) in [5.74, 6) is 0.209. The first-order valence-electron chi connectivity index (χ1n) is 6.31. The van der Waals surface area contributed by atoms with Crippen LogP contribution in [0.5, 0.6) is 5.75 Å². The Labute approximate surface area is 120 Å². The van der Waals surface area contributed by atoms with Crippen molar-refractivity contribution >= 4 is 15.9 Å². The van der Waals surface area contributed by atoms with Crippen LogP contribution in [0.3, 0.4) is 0 Å². The van der Waals surface area contributed by atoms with Gasteiger partial charge in [-0.1, -0.05) is 48.7 Å². The molecule has 0 saturated heterocycles. The van der Waals surface area contributed by atoms with Crippen molar-refractivity contribution in [3.05, 3.63) is 29.3 Å². The minimum absolute atomic E-state index is 0.0795. The molecule has 1 aromatic rings. The molecule has 108 valence electrons. The van der Waals surface area contributed by atoms with Gasteiger partial charge in [0.1, 0.15) is 5.75 Å². The van der Waals surface area contributed by atoms with Gasteiger partial charge in [0.05, 0.1) is 12.2 Å². The third-order valence-electron chi connectivity index (χ3n) is 3.13. The van der Waals surface area contributed by atoms with E-state index in [2.05, 4.69) is 15.9 Å². The first kappa shape index (κ1) is 16.3. The van der Waals surface area contributed by atoms with Gasteiger partial charge in [-0.2, -0.15) is 13.2 Å². The lowest BCUT2D eigenvalue weighted by molar-refractivity contribution is -0.139. The predicted molar refractivity (Wildman–Crippen MR) is 73.6 cm³/mol. The van der Waals surface area contributed by atoms with E-state index >= 15 is 0 Å². The third-order valence-corrected chi connectivity index (χ3v) is 3.78. The number of hydrogen-bond acceptors (Lipinski definition) is 1. The zero-order chi connectivity index (χ0) is 14.5. The number of benzene rings is 1. The Bertz CT molecular complexity index is 400. The number of rotatable bonds is 6. The number of halogens is 4. The molecule has 5 heteroatoms. The Morgan fingerprint density at radius 3 is 2.32 bits per heavy atom. The summed E-state index contributed by atoms with van der Waals surface area (Å²) in [4.78, 5) is 0. The maximum atomic E-state index is 13.0. The summed E-state index contributed by atoms with van der Waals surface area (Å²) in [7, 11) is 0. The van der Waals surface area contributed by atoms with Crippen molar-refractivity contribution in [2.45, 2.75) is 38.2 Å². The fourth-order valence-electron chi connectivity index (χ4n) is 1.74. The average molecular weight is 339 g/mol. The first-order valence-corrected chi connectivity index (χ1v) is 7.43. The van der Waals surface area contributed by atoms with Gasteiger partial charge in [0.15, 0.2) is 0 Å². The molecule has 0 aliphatic heterocycles. The van der Waals surface area contributed by atoms with Gasteiger partial charge < -0.3 is 4.74 Å². The van der Waals surface area contributed by atoms with Crippen molar-refractivity contribution in [1.82, 2.24) is 0 Å². The van der Waals surface area contributed by atoms with Gasteiger partial charge in [0, 0.05) is 5.33 Å². The smallest absolute Gasteiger partial charge is 0.419 e. The standard InChI is InChI=1S/C14H18BrF3O/c1-3-10(4-2)9-19-13-6-5-11(8-15)7-12(13)14(16,17)18/h5-7,10H,3-4,8-9H2,1-2H3. The van der Waals surface area contributed by atoms with E-state index in [-0.39, 0.29) is 11.7 Å². The molecule has 0 aliphatic rings. The van der Waals surface area contributed by atoms with Crippen molar-refractivity contribution in [2.24, 2.45) is 5.92 Å². The monoisotopic (exact) mass is 338 g/mol. The second-order valence-electron chi connectivity index (χ2n) is 4.46. The quantitative estimate of drug-likeness (QED) is 0.629. The van der Waals surface area contributed by atoms with Crippen LogP contribution in [-0.2, 0) is 11.5 Å². The molecular formula is C14H18BrF3O. The summed E-state index contributed by atoms with van der Waals surface area (Å²) in [5, 5.41) is 0.392. The Balaban J connectivity index is 2.93. The lowest BCUT2D eigenvalue weighted by atomic mass is 10.1. The Morgan fingerprint density at radius 1 is 1.21 bits per heavy atom. The Hall–Kier alpha value is -0.710. The number of ether oxygens (including phenoxy) is 1. The van der Waals surface area contributed by atoms with E-state index in [9.17, 15) is 13.2 Å². The van der Waals surface area contributed by atoms with Crippen molar-refractivity contribution in [3.8, 4) is 5.75 Å². The highest BCUT2D eigenvalue weighted by Crippen LogP contribution is 2.37. The van der Waals surface area contributed by atoms with Gasteiger partial charge >= 0.3 is 6.18 Å². The molecule has 0 unspecified atom stereocenters. The molecule has 1 nitrogen and oxygen atoms in total. The van der Waals surface area contributed by atoms with E-state index in [1.165, 1.54) is 6.07 Å². The van der Waals surface area contributed by atoms with Crippen LogP contribution in [-0.4, -0.2) is 6.61 Å². The molecular weight excluding hydrogens is 321 g/mol. The van der Waals surface area contributed by atoms with Gasteiger partial charge in [-0.3, -0.25) is 0 Å².